The van der Waals surface area contributed by atoms with Crippen LogP contribution in [0.3, 0.4) is 0 Å². The van der Waals surface area contributed by atoms with E-state index in [2.05, 4.69) is 10.3 Å². The molecule has 1 N–H and O–H groups in total. The van der Waals surface area contributed by atoms with Gasteiger partial charge in [0.2, 0.25) is 0 Å². The zero-order valence-corrected chi connectivity index (χ0v) is 19.2. The standard InChI is InChI=1S/C20H24N4O4S2/c1-6-23(7-2)18(26)15-12(5)14(19(27)28-8-3)17(30-15)22-16(25)13-9-24-11(4)10-29-20(24)21-13/h9-10H,6-8H2,1-5H3,(H,22,25). The number of carbonyl (C=O) groups is 3. The van der Waals surface area contributed by atoms with E-state index in [0.717, 1.165) is 17.0 Å². The monoisotopic (exact) mass is 448 g/mol. The molecule has 10 heteroatoms. The summed E-state index contributed by atoms with van der Waals surface area (Å²) in [5, 5.41) is 5.01. The topological polar surface area (TPSA) is 93.0 Å². The predicted octanol–water partition coefficient (Wildman–Crippen LogP) is 3.99. The summed E-state index contributed by atoms with van der Waals surface area (Å²) in [4.78, 5) is 45.5. The fraction of sp³-hybridized carbons (Fsp3) is 0.400. The number of esters is 1. The molecular weight excluding hydrogens is 424 g/mol. The minimum absolute atomic E-state index is 0.174. The number of aryl methyl sites for hydroxylation is 1. The summed E-state index contributed by atoms with van der Waals surface area (Å²) in [5.74, 6) is -1.19. The van der Waals surface area contributed by atoms with Gasteiger partial charge in [0.1, 0.15) is 10.7 Å². The van der Waals surface area contributed by atoms with Crippen molar-refractivity contribution in [2.45, 2.75) is 34.6 Å². The lowest BCUT2D eigenvalue weighted by molar-refractivity contribution is 0.0527. The van der Waals surface area contributed by atoms with Crippen LogP contribution in [0.1, 0.15) is 62.5 Å². The number of anilines is 1. The van der Waals surface area contributed by atoms with Gasteiger partial charge in [-0.3, -0.25) is 14.0 Å². The fourth-order valence-corrected chi connectivity index (χ4v) is 5.09. The number of aromatic nitrogens is 2. The second-order valence-corrected chi connectivity index (χ2v) is 8.43. The Morgan fingerprint density at radius 3 is 2.50 bits per heavy atom. The maximum Gasteiger partial charge on any atom is 0.341 e. The minimum atomic E-state index is -0.568. The molecule has 0 fully saturated rings. The molecule has 3 rings (SSSR count). The molecule has 0 aliphatic rings. The van der Waals surface area contributed by atoms with Crippen LogP contribution in [0.2, 0.25) is 0 Å². The number of rotatable bonds is 7. The van der Waals surface area contributed by atoms with Gasteiger partial charge in [-0.25, -0.2) is 9.78 Å². The molecule has 3 heterocycles. The van der Waals surface area contributed by atoms with Crippen LogP contribution in [0.5, 0.6) is 0 Å². The number of hydrogen-bond acceptors (Lipinski definition) is 7. The van der Waals surface area contributed by atoms with E-state index in [0.29, 0.717) is 33.5 Å². The second kappa shape index (κ2) is 8.97. The van der Waals surface area contributed by atoms with Crippen molar-refractivity contribution in [2.24, 2.45) is 0 Å². The number of thiazole rings is 1. The summed E-state index contributed by atoms with van der Waals surface area (Å²) in [5.41, 5.74) is 1.94. The van der Waals surface area contributed by atoms with Gasteiger partial charge >= 0.3 is 5.97 Å². The van der Waals surface area contributed by atoms with Gasteiger partial charge in [-0.05, 0) is 40.2 Å². The van der Waals surface area contributed by atoms with Crippen LogP contribution in [0.25, 0.3) is 4.96 Å². The highest BCUT2D eigenvalue weighted by atomic mass is 32.1. The minimum Gasteiger partial charge on any atom is -0.462 e. The third-order valence-corrected chi connectivity index (χ3v) is 6.87. The number of imidazole rings is 1. The molecule has 160 valence electrons. The normalized spacial score (nSPS) is 11.0. The summed E-state index contributed by atoms with van der Waals surface area (Å²) in [6.07, 6.45) is 1.66. The van der Waals surface area contributed by atoms with Crippen molar-refractivity contribution in [3.63, 3.8) is 0 Å². The Morgan fingerprint density at radius 2 is 1.90 bits per heavy atom. The zero-order valence-electron chi connectivity index (χ0n) is 17.6. The number of ether oxygens (including phenoxy) is 1. The summed E-state index contributed by atoms with van der Waals surface area (Å²) in [6.45, 7) is 10.4. The first-order valence-corrected chi connectivity index (χ1v) is 11.4. The number of hydrogen-bond donors (Lipinski definition) is 1. The van der Waals surface area contributed by atoms with Crippen molar-refractivity contribution in [2.75, 3.05) is 25.0 Å². The molecule has 3 aromatic rings. The van der Waals surface area contributed by atoms with Crippen molar-refractivity contribution < 1.29 is 19.1 Å². The van der Waals surface area contributed by atoms with Crippen molar-refractivity contribution in [3.8, 4) is 0 Å². The van der Waals surface area contributed by atoms with Gasteiger partial charge in [0.05, 0.1) is 17.0 Å². The third-order valence-electron chi connectivity index (χ3n) is 4.72. The molecule has 3 aromatic heterocycles. The molecule has 2 amide bonds. The molecule has 0 saturated carbocycles. The van der Waals surface area contributed by atoms with Crippen molar-refractivity contribution in [1.82, 2.24) is 14.3 Å². The van der Waals surface area contributed by atoms with E-state index in [4.69, 9.17) is 4.74 Å². The Balaban J connectivity index is 1.98. The Labute approximate surface area is 182 Å². The molecular formula is C20H24N4O4S2. The molecule has 0 saturated heterocycles. The largest absolute Gasteiger partial charge is 0.462 e. The SMILES string of the molecule is CCOC(=O)c1c(NC(=O)c2cn3c(C)csc3n2)sc(C(=O)N(CC)CC)c1C. The maximum atomic E-state index is 12.9. The lowest BCUT2D eigenvalue weighted by atomic mass is 10.1. The van der Waals surface area contributed by atoms with Gasteiger partial charge in [-0.2, -0.15) is 0 Å². The Bertz CT molecular complexity index is 1110. The molecule has 0 aliphatic carbocycles. The van der Waals surface area contributed by atoms with E-state index in [-0.39, 0.29) is 23.8 Å². The molecule has 0 radical (unpaired) electrons. The van der Waals surface area contributed by atoms with Gasteiger partial charge in [-0.1, -0.05) is 0 Å². The Kier molecular flexibility index (Phi) is 6.57. The van der Waals surface area contributed by atoms with Crippen LogP contribution in [-0.2, 0) is 4.74 Å². The lowest BCUT2D eigenvalue weighted by Gasteiger charge is -2.18. The summed E-state index contributed by atoms with van der Waals surface area (Å²) >= 11 is 2.53. The molecule has 0 unspecified atom stereocenters. The van der Waals surface area contributed by atoms with Crippen LogP contribution in [0, 0.1) is 13.8 Å². The average molecular weight is 449 g/mol. The highest BCUT2D eigenvalue weighted by Crippen LogP contribution is 2.35. The number of thiophene rings is 1. The van der Waals surface area contributed by atoms with Crippen LogP contribution >= 0.6 is 22.7 Å². The highest BCUT2D eigenvalue weighted by Gasteiger charge is 2.28. The number of nitrogens with one attached hydrogen (secondary N) is 1. The molecule has 0 spiro atoms. The van der Waals surface area contributed by atoms with E-state index in [1.165, 1.54) is 11.3 Å². The van der Waals surface area contributed by atoms with Gasteiger partial charge in [0.15, 0.2) is 4.96 Å². The van der Waals surface area contributed by atoms with E-state index in [9.17, 15) is 14.4 Å². The van der Waals surface area contributed by atoms with Crippen molar-refractivity contribution in [1.29, 1.82) is 0 Å². The average Bonchev–Trinajstić information content (AvgIpc) is 3.37. The smallest absolute Gasteiger partial charge is 0.341 e. The third kappa shape index (κ3) is 3.97. The van der Waals surface area contributed by atoms with Gasteiger partial charge in [-0.15, -0.1) is 22.7 Å². The zero-order chi connectivity index (χ0) is 22.0. The second-order valence-electron chi connectivity index (χ2n) is 6.57. The number of fused-ring (bicyclic) bond motifs is 1. The fourth-order valence-electron chi connectivity index (χ4n) is 3.08. The first-order chi connectivity index (χ1) is 14.3. The van der Waals surface area contributed by atoms with Crippen molar-refractivity contribution >= 4 is 50.4 Å². The van der Waals surface area contributed by atoms with Crippen LogP contribution in [-0.4, -0.2) is 51.8 Å². The predicted molar refractivity (Wildman–Crippen MR) is 118 cm³/mol. The van der Waals surface area contributed by atoms with Crippen molar-refractivity contribution in [3.05, 3.63) is 39.0 Å². The molecule has 0 atom stereocenters. The van der Waals surface area contributed by atoms with Gasteiger partial charge < -0.3 is 15.0 Å². The molecule has 0 bridgehead atoms. The van der Waals surface area contributed by atoms with Crippen LogP contribution < -0.4 is 5.32 Å². The molecule has 8 nitrogen and oxygen atoms in total. The van der Waals surface area contributed by atoms with Gasteiger partial charge in [0.25, 0.3) is 11.8 Å². The Morgan fingerprint density at radius 1 is 1.20 bits per heavy atom. The number of amides is 2. The summed E-state index contributed by atoms with van der Waals surface area (Å²) in [6, 6.07) is 0. The maximum absolute atomic E-state index is 12.9. The van der Waals surface area contributed by atoms with Crippen LogP contribution in [0.15, 0.2) is 11.6 Å². The first-order valence-electron chi connectivity index (χ1n) is 9.66. The molecule has 30 heavy (non-hydrogen) atoms. The van der Waals surface area contributed by atoms with E-state index in [1.54, 1.807) is 24.9 Å². The van der Waals surface area contributed by atoms with E-state index >= 15 is 0 Å². The van der Waals surface area contributed by atoms with Crippen LogP contribution in [0.4, 0.5) is 5.00 Å². The highest BCUT2D eigenvalue weighted by molar-refractivity contribution is 7.18. The number of carbonyl (C=O) groups excluding carboxylic acids is 3. The summed E-state index contributed by atoms with van der Waals surface area (Å²) in [7, 11) is 0. The molecule has 0 aliphatic heterocycles. The van der Waals surface area contributed by atoms with E-state index < -0.39 is 11.9 Å². The summed E-state index contributed by atoms with van der Waals surface area (Å²) < 4.78 is 7.00. The van der Waals surface area contributed by atoms with E-state index in [1.807, 2.05) is 30.6 Å². The Hall–Kier alpha value is -2.72. The lowest BCUT2D eigenvalue weighted by Crippen LogP contribution is -2.30. The molecule has 0 aromatic carbocycles. The quantitative estimate of drug-likeness (QED) is 0.552. The van der Waals surface area contributed by atoms with Gasteiger partial charge in [0, 0.05) is 30.4 Å². The first kappa shape index (κ1) is 22.0. The number of nitrogens with zero attached hydrogens (tertiary/aromatic N) is 3.